The first-order valence-corrected chi connectivity index (χ1v) is 7.36. The van der Waals surface area contributed by atoms with E-state index in [1.54, 1.807) is 12.1 Å². The van der Waals surface area contributed by atoms with Crippen molar-refractivity contribution < 1.29 is 14.3 Å². The third-order valence-corrected chi connectivity index (χ3v) is 4.56. The molecule has 3 rings (SSSR count). The molecular weight excluding hydrogens is 333 g/mol. The van der Waals surface area contributed by atoms with E-state index < -0.39 is 11.8 Å². The summed E-state index contributed by atoms with van der Waals surface area (Å²) in [4.78, 5) is 15.8. The molecule has 1 aliphatic rings. The Morgan fingerprint density at radius 1 is 1.47 bits per heavy atom. The molecule has 6 heteroatoms. The Balaban J connectivity index is 2.10. The van der Waals surface area contributed by atoms with Gasteiger partial charge < -0.3 is 5.11 Å². The number of nitrogens with zero attached hydrogens (tertiary/aromatic N) is 1. The molecule has 1 aromatic heterocycles. The van der Waals surface area contributed by atoms with E-state index in [0.717, 1.165) is 24.2 Å². The summed E-state index contributed by atoms with van der Waals surface area (Å²) in [6.07, 6.45) is 1.93. The maximum absolute atomic E-state index is 13.9. The lowest BCUT2D eigenvalue weighted by Crippen LogP contribution is -1.97. The Morgan fingerprint density at radius 2 is 2.21 bits per heavy atom. The number of carboxylic acid groups (broad SMARTS) is 1. The molecule has 98 valence electrons. The Morgan fingerprint density at radius 3 is 2.79 bits per heavy atom. The molecule has 1 aliphatic carbocycles. The van der Waals surface area contributed by atoms with E-state index in [1.165, 1.54) is 6.07 Å². The van der Waals surface area contributed by atoms with Gasteiger partial charge in [0, 0.05) is 16.0 Å². The van der Waals surface area contributed by atoms with Crippen LogP contribution in [0.25, 0.3) is 10.6 Å². The first kappa shape index (κ1) is 12.7. The monoisotopic (exact) mass is 341 g/mol. The van der Waals surface area contributed by atoms with Gasteiger partial charge in [0.25, 0.3) is 0 Å². The fourth-order valence-electron chi connectivity index (χ4n) is 1.90. The Hall–Kier alpha value is -1.27. The van der Waals surface area contributed by atoms with Crippen molar-refractivity contribution in [1.29, 1.82) is 0 Å². The van der Waals surface area contributed by atoms with Crippen LogP contribution in [0.2, 0.25) is 0 Å². The van der Waals surface area contributed by atoms with Gasteiger partial charge in [0.1, 0.15) is 15.7 Å². The number of halogens is 2. The van der Waals surface area contributed by atoms with E-state index in [0.29, 0.717) is 20.7 Å². The predicted octanol–water partition coefficient (Wildman–Crippen LogP) is 4.29. The highest BCUT2D eigenvalue weighted by Gasteiger charge is 2.32. The number of carboxylic acids is 1. The molecule has 0 bridgehead atoms. The third-order valence-electron chi connectivity index (χ3n) is 2.97. The van der Waals surface area contributed by atoms with Crippen molar-refractivity contribution >= 4 is 33.2 Å². The summed E-state index contributed by atoms with van der Waals surface area (Å²) >= 11 is 4.24. The zero-order valence-corrected chi connectivity index (χ0v) is 12.1. The molecule has 0 aliphatic heterocycles. The number of aromatic carboxylic acids is 1. The number of thiazole rings is 1. The topological polar surface area (TPSA) is 50.2 Å². The Labute approximate surface area is 121 Å². The van der Waals surface area contributed by atoms with Crippen molar-refractivity contribution in [2.24, 2.45) is 0 Å². The van der Waals surface area contributed by atoms with Crippen LogP contribution in [0.3, 0.4) is 0 Å². The molecular formula is C13H9BrFNO2S. The van der Waals surface area contributed by atoms with Gasteiger partial charge in [-0.3, -0.25) is 0 Å². The summed E-state index contributed by atoms with van der Waals surface area (Å²) in [7, 11) is 0. The second kappa shape index (κ2) is 4.68. The average molecular weight is 342 g/mol. The molecule has 0 unspecified atom stereocenters. The van der Waals surface area contributed by atoms with Gasteiger partial charge in [0.2, 0.25) is 0 Å². The molecule has 0 amide bonds. The van der Waals surface area contributed by atoms with Crippen molar-refractivity contribution in [2.45, 2.75) is 18.8 Å². The van der Waals surface area contributed by atoms with Crippen LogP contribution < -0.4 is 0 Å². The van der Waals surface area contributed by atoms with Gasteiger partial charge in [0.15, 0.2) is 0 Å². The van der Waals surface area contributed by atoms with Crippen molar-refractivity contribution in [2.75, 3.05) is 0 Å². The van der Waals surface area contributed by atoms with Gasteiger partial charge in [-0.2, -0.15) is 0 Å². The molecule has 0 radical (unpaired) electrons. The van der Waals surface area contributed by atoms with Crippen LogP contribution in [0, 0.1) is 5.82 Å². The lowest BCUT2D eigenvalue weighted by atomic mass is 10.2. The number of benzene rings is 1. The normalized spacial score (nSPS) is 14.6. The quantitative estimate of drug-likeness (QED) is 0.905. The fourth-order valence-corrected chi connectivity index (χ4v) is 3.25. The van der Waals surface area contributed by atoms with Gasteiger partial charge in [0.05, 0.1) is 5.69 Å². The minimum atomic E-state index is -0.983. The first-order valence-electron chi connectivity index (χ1n) is 5.75. The van der Waals surface area contributed by atoms with Crippen molar-refractivity contribution in [3.63, 3.8) is 0 Å². The molecule has 1 fully saturated rings. The van der Waals surface area contributed by atoms with Gasteiger partial charge in [-0.15, -0.1) is 11.3 Å². The van der Waals surface area contributed by atoms with E-state index in [4.69, 9.17) is 0 Å². The van der Waals surface area contributed by atoms with E-state index >= 15 is 0 Å². The second-order valence-electron chi connectivity index (χ2n) is 4.44. The first-order chi connectivity index (χ1) is 9.06. The van der Waals surface area contributed by atoms with E-state index in [9.17, 15) is 14.3 Å². The average Bonchev–Trinajstić information content (AvgIpc) is 3.09. The summed E-state index contributed by atoms with van der Waals surface area (Å²) in [5.74, 6) is -1.15. The van der Waals surface area contributed by atoms with Gasteiger partial charge in [-0.25, -0.2) is 14.2 Å². The molecule has 2 aromatic rings. The molecule has 0 saturated heterocycles. The summed E-state index contributed by atoms with van der Waals surface area (Å²) in [6, 6.07) is 4.69. The van der Waals surface area contributed by atoms with Crippen LogP contribution in [-0.4, -0.2) is 16.1 Å². The Bertz CT molecular complexity index is 667. The number of aromatic nitrogens is 1. The SMILES string of the molecule is O=C(O)c1sc(-c2ccc(Br)cc2F)nc1C1CC1. The van der Waals surface area contributed by atoms with Gasteiger partial charge in [-0.1, -0.05) is 15.9 Å². The smallest absolute Gasteiger partial charge is 0.347 e. The number of hydrogen-bond acceptors (Lipinski definition) is 3. The molecule has 1 aromatic carbocycles. The van der Waals surface area contributed by atoms with Crippen molar-refractivity contribution in [1.82, 2.24) is 4.98 Å². The highest BCUT2D eigenvalue weighted by Crippen LogP contribution is 2.44. The van der Waals surface area contributed by atoms with Gasteiger partial charge in [-0.05, 0) is 31.0 Å². The number of rotatable bonds is 3. The molecule has 0 spiro atoms. The molecule has 1 saturated carbocycles. The fraction of sp³-hybridized carbons (Fsp3) is 0.231. The third kappa shape index (κ3) is 2.42. The Kier molecular flexibility index (Phi) is 3.14. The van der Waals surface area contributed by atoms with Gasteiger partial charge >= 0.3 is 5.97 Å². The summed E-state index contributed by atoms with van der Waals surface area (Å²) in [5.41, 5.74) is 0.956. The lowest BCUT2D eigenvalue weighted by molar-refractivity contribution is 0.0700. The largest absolute Gasteiger partial charge is 0.477 e. The zero-order valence-electron chi connectivity index (χ0n) is 9.69. The summed E-state index contributed by atoms with van der Waals surface area (Å²) in [6.45, 7) is 0. The number of hydrogen-bond donors (Lipinski definition) is 1. The minimum absolute atomic E-state index is 0.231. The molecule has 0 atom stereocenters. The lowest BCUT2D eigenvalue weighted by Gasteiger charge is -1.99. The summed E-state index contributed by atoms with van der Waals surface area (Å²) in [5, 5.41) is 9.62. The summed E-state index contributed by atoms with van der Waals surface area (Å²) < 4.78 is 14.5. The standard InChI is InChI=1S/C13H9BrFNO2S/c14-7-3-4-8(9(15)5-7)12-16-10(6-1-2-6)11(19-12)13(17)18/h3-6H,1-2H2,(H,17,18). The van der Waals surface area contributed by atoms with Crippen LogP contribution in [0.15, 0.2) is 22.7 Å². The number of carbonyl (C=O) groups is 1. The molecule has 1 N–H and O–H groups in total. The highest BCUT2D eigenvalue weighted by atomic mass is 79.9. The van der Waals surface area contributed by atoms with Crippen molar-refractivity contribution in [3.8, 4) is 10.6 Å². The van der Waals surface area contributed by atoms with Crippen LogP contribution in [-0.2, 0) is 0 Å². The molecule has 19 heavy (non-hydrogen) atoms. The van der Waals surface area contributed by atoms with Crippen LogP contribution in [0.4, 0.5) is 4.39 Å². The van der Waals surface area contributed by atoms with Crippen LogP contribution in [0.1, 0.15) is 34.1 Å². The van der Waals surface area contributed by atoms with E-state index in [2.05, 4.69) is 20.9 Å². The maximum Gasteiger partial charge on any atom is 0.347 e. The predicted molar refractivity (Wildman–Crippen MR) is 74.1 cm³/mol. The van der Waals surface area contributed by atoms with Crippen LogP contribution in [0.5, 0.6) is 0 Å². The minimum Gasteiger partial charge on any atom is -0.477 e. The molecule has 1 heterocycles. The zero-order chi connectivity index (χ0) is 13.6. The maximum atomic E-state index is 13.9. The van der Waals surface area contributed by atoms with E-state index in [1.807, 2.05) is 0 Å². The molecule has 3 nitrogen and oxygen atoms in total. The van der Waals surface area contributed by atoms with Crippen LogP contribution >= 0.6 is 27.3 Å². The highest BCUT2D eigenvalue weighted by molar-refractivity contribution is 9.10. The second-order valence-corrected chi connectivity index (χ2v) is 6.35. The van der Waals surface area contributed by atoms with Crippen molar-refractivity contribution in [3.05, 3.63) is 39.1 Å². The van der Waals surface area contributed by atoms with E-state index in [-0.39, 0.29) is 10.8 Å².